The highest BCUT2D eigenvalue weighted by Gasteiger charge is 2.48. The van der Waals surface area contributed by atoms with Gasteiger partial charge in [-0.1, -0.05) is 38.5 Å². The largest absolute Gasteiger partial charge is 0.391 e. The molecule has 1 saturated carbocycles. The van der Waals surface area contributed by atoms with Gasteiger partial charge in [0.15, 0.2) is 0 Å². The van der Waals surface area contributed by atoms with Crippen LogP contribution in [0.4, 0.5) is 8.78 Å². The lowest BCUT2D eigenvalue weighted by Gasteiger charge is -2.42. The van der Waals surface area contributed by atoms with Gasteiger partial charge >= 0.3 is 0 Å². The number of halogens is 2. The minimum atomic E-state index is -1.42. The molecule has 40 heavy (non-hydrogen) atoms. The maximum atomic E-state index is 14.2. The lowest BCUT2D eigenvalue weighted by atomic mass is 9.63. The van der Waals surface area contributed by atoms with Crippen LogP contribution in [0.5, 0.6) is 0 Å². The van der Waals surface area contributed by atoms with Gasteiger partial charge < -0.3 is 21.1 Å². The molecule has 0 bridgehead atoms. The summed E-state index contributed by atoms with van der Waals surface area (Å²) in [7, 11) is 0. The summed E-state index contributed by atoms with van der Waals surface area (Å²) in [5.74, 6) is -2.43. The first-order chi connectivity index (χ1) is 19.0. The van der Waals surface area contributed by atoms with Gasteiger partial charge in [0.2, 0.25) is 11.8 Å². The first-order valence-electron chi connectivity index (χ1n) is 14.8. The van der Waals surface area contributed by atoms with E-state index in [2.05, 4.69) is 12.2 Å². The average Bonchev–Trinajstić information content (AvgIpc) is 2.89. The van der Waals surface area contributed by atoms with Crippen molar-refractivity contribution in [3.8, 4) is 0 Å². The van der Waals surface area contributed by atoms with Crippen LogP contribution in [-0.4, -0.2) is 53.6 Å². The smallest absolute Gasteiger partial charge is 0.249 e. The van der Waals surface area contributed by atoms with Gasteiger partial charge in [-0.15, -0.1) is 0 Å². The summed E-state index contributed by atoms with van der Waals surface area (Å²) >= 11 is 0. The van der Waals surface area contributed by atoms with Gasteiger partial charge in [-0.05, 0) is 81.9 Å². The molecular formula is C32H47F2N3O3. The molecule has 0 saturated heterocycles. The fourth-order valence-corrected chi connectivity index (χ4v) is 6.45. The predicted molar refractivity (Wildman–Crippen MR) is 154 cm³/mol. The second-order valence-electron chi connectivity index (χ2n) is 12.0. The number of carbonyl (C=O) groups is 2. The quantitative estimate of drug-likeness (QED) is 0.315. The molecule has 1 aromatic carbocycles. The standard InChI is InChI=1S/C32H47F2N3O3/c1-5-11-37(12-6-2)30(39)24-13-22(4)18-32(19-24,31(35)40)28(16-23-14-25(33)17-26(34)15-23)29(38)20-36-27-9-7-21(3)8-10-27/h13-15,17-18,21,27-29,36,38H,5-12,16,19-20H2,1-4H3,(H2,35,40)/t21?,27?,28-,29+,32?/m1/s1. The van der Waals surface area contributed by atoms with Crippen LogP contribution < -0.4 is 11.1 Å². The summed E-state index contributed by atoms with van der Waals surface area (Å²) in [6.45, 7) is 9.45. The summed E-state index contributed by atoms with van der Waals surface area (Å²) < 4.78 is 28.4. The highest BCUT2D eigenvalue weighted by atomic mass is 19.1. The number of primary amides is 1. The Balaban J connectivity index is 1.98. The minimum Gasteiger partial charge on any atom is -0.391 e. The van der Waals surface area contributed by atoms with E-state index in [1.807, 2.05) is 13.8 Å². The minimum absolute atomic E-state index is 0.0149. The van der Waals surface area contributed by atoms with Gasteiger partial charge in [0.05, 0.1) is 11.5 Å². The predicted octanol–water partition coefficient (Wildman–Crippen LogP) is 5.05. The Morgan fingerprint density at radius 2 is 1.70 bits per heavy atom. The van der Waals surface area contributed by atoms with Gasteiger partial charge in [-0.3, -0.25) is 9.59 Å². The van der Waals surface area contributed by atoms with E-state index >= 15 is 0 Å². The molecule has 4 N–H and O–H groups in total. The summed E-state index contributed by atoms with van der Waals surface area (Å²) in [4.78, 5) is 28.8. The molecule has 6 nitrogen and oxygen atoms in total. The number of nitrogens with one attached hydrogen (secondary N) is 1. The number of aliphatic hydroxyl groups is 1. The van der Waals surface area contributed by atoms with Crippen molar-refractivity contribution >= 4 is 11.8 Å². The molecule has 0 radical (unpaired) electrons. The zero-order valence-electron chi connectivity index (χ0n) is 24.5. The average molecular weight is 560 g/mol. The molecule has 1 aromatic rings. The van der Waals surface area contributed by atoms with Gasteiger partial charge in [-0.2, -0.15) is 0 Å². The number of nitrogens with zero attached hydrogens (tertiary/aromatic N) is 1. The van der Waals surface area contributed by atoms with E-state index in [4.69, 9.17) is 5.73 Å². The third kappa shape index (κ3) is 8.00. The summed E-state index contributed by atoms with van der Waals surface area (Å²) in [6.07, 6.45) is 8.31. The molecule has 2 aliphatic rings. The Morgan fingerprint density at radius 3 is 2.25 bits per heavy atom. The second-order valence-corrected chi connectivity index (χ2v) is 12.0. The van der Waals surface area contributed by atoms with Crippen molar-refractivity contribution in [2.24, 2.45) is 23.0 Å². The summed E-state index contributed by atoms with van der Waals surface area (Å²) in [6, 6.07) is 3.49. The number of benzene rings is 1. The van der Waals surface area contributed by atoms with Crippen LogP contribution in [0.15, 0.2) is 41.5 Å². The monoisotopic (exact) mass is 559 g/mol. The Bertz CT molecular complexity index is 1070. The van der Waals surface area contributed by atoms with Gasteiger partial charge in [0.25, 0.3) is 0 Å². The fraction of sp³-hybridized carbons (Fsp3) is 0.625. The number of hydrogen-bond acceptors (Lipinski definition) is 4. The SMILES string of the molecule is CCCN(CCC)C(=O)C1=CC(C)=CC(C(N)=O)([C@H](Cc2cc(F)cc(F)c2)[C@@H](O)CNC2CCC(C)CC2)C1. The number of rotatable bonds is 13. The van der Waals surface area contributed by atoms with E-state index in [-0.39, 0.29) is 31.3 Å². The third-order valence-electron chi connectivity index (χ3n) is 8.51. The first-order valence-corrected chi connectivity index (χ1v) is 14.8. The van der Waals surface area contributed by atoms with E-state index in [1.54, 1.807) is 24.0 Å². The number of aliphatic hydroxyl groups excluding tert-OH is 1. The molecule has 0 aromatic heterocycles. The molecule has 2 aliphatic carbocycles. The highest BCUT2D eigenvalue weighted by Crippen LogP contribution is 2.44. The molecule has 0 aliphatic heterocycles. The number of allylic oxidation sites excluding steroid dienone is 2. The van der Waals surface area contributed by atoms with Crippen molar-refractivity contribution in [2.75, 3.05) is 19.6 Å². The Kier molecular flexibility index (Phi) is 11.5. The number of nitrogens with two attached hydrogens (primary N) is 1. The fourth-order valence-electron chi connectivity index (χ4n) is 6.45. The van der Waals surface area contributed by atoms with Crippen LogP contribution >= 0.6 is 0 Å². The molecule has 8 heteroatoms. The lowest BCUT2D eigenvalue weighted by molar-refractivity contribution is -0.132. The van der Waals surface area contributed by atoms with Crippen LogP contribution in [0.2, 0.25) is 0 Å². The number of hydrogen-bond donors (Lipinski definition) is 3. The van der Waals surface area contributed by atoms with E-state index < -0.39 is 35.0 Å². The number of carbonyl (C=O) groups excluding carboxylic acids is 2. The maximum Gasteiger partial charge on any atom is 0.249 e. The van der Waals surface area contributed by atoms with E-state index in [0.717, 1.165) is 44.6 Å². The van der Waals surface area contributed by atoms with Crippen LogP contribution in [0.3, 0.4) is 0 Å². The van der Waals surface area contributed by atoms with Crippen LogP contribution in [0.25, 0.3) is 0 Å². The van der Waals surface area contributed by atoms with E-state index in [1.165, 1.54) is 12.1 Å². The molecule has 1 unspecified atom stereocenters. The zero-order valence-corrected chi connectivity index (χ0v) is 24.5. The van der Waals surface area contributed by atoms with Gasteiger partial charge in [-0.25, -0.2) is 8.78 Å². The topological polar surface area (TPSA) is 95.7 Å². The third-order valence-corrected chi connectivity index (χ3v) is 8.51. The van der Waals surface area contributed by atoms with E-state index in [9.17, 15) is 23.5 Å². The molecule has 0 spiro atoms. The molecule has 222 valence electrons. The molecule has 1 fully saturated rings. The molecule has 3 rings (SSSR count). The molecular weight excluding hydrogens is 512 g/mol. The van der Waals surface area contributed by atoms with Crippen LogP contribution in [-0.2, 0) is 16.0 Å². The van der Waals surface area contributed by atoms with Crippen LogP contribution in [0, 0.1) is 28.9 Å². The lowest BCUT2D eigenvalue weighted by Crippen LogP contribution is -2.52. The Labute approximate surface area is 238 Å². The summed E-state index contributed by atoms with van der Waals surface area (Å²) in [5.41, 5.74) is 6.16. The van der Waals surface area contributed by atoms with Crippen molar-refractivity contribution in [1.82, 2.24) is 10.2 Å². The van der Waals surface area contributed by atoms with Crippen molar-refractivity contribution in [3.63, 3.8) is 0 Å². The van der Waals surface area contributed by atoms with Crippen molar-refractivity contribution in [3.05, 3.63) is 58.7 Å². The second kappa shape index (κ2) is 14.4. The number of amides is 2. The van der Waals surface area contributed by atoms with Crippen LogP contribution in [0.1, 0.15) is 78.2 Å². The maximum absolute atomic E-state index is 14.2. The van der Waals surface area contributed by atoms with Crippen molar-refractivity contribution < 1.29 is 23.5 Å². The molecule has 3 atom stereocenters. The Hall–Kier alpha value is -2.58. The Morgan fingerprint density at radius 1 is 1.10 bits per heavy atom. The first kappa shape index (κ1) is 31.9. The molecule has 2 amide bonds. The molecule has 0 heterocycles. The van der Waals surface area contributed by atoms with E-state index in [0.29, 0.717) is 35.7 Å². The van der Waals surface area contributed by atoms with Crippen molar-refractivity contribution in [1.29, 1.82) is 0 Å². The zero-order chi connectivity index (χ0) is 29.4. The van der Waals surface area contributed by atoms with Gasteiger partial charge in [0.1, 0.15) is 11.6 Å². The van der Waals surface area contributed by atoms with Gasteiger partial charge in [0, 0.05) is 43.2 Å². The highest BCUT2D eigenvalue weighted by molar-refractivity contribution is 5.96. The summed E-state index contributed by atoms with van der Waals surface area (Å²) in [5, 5.41) is 15.1. The normalized spacial score (nSPS) is 24.6. The van der Waals surface area contributed by atoms with Crippen molar-refractivity contribution in [2.45, 2.75) is 91.2 Å².